The molecule has 0 unspecified atom stereocenters. The van der Waals surface area contributed by atoms with Gasteiger partial charge in [0.15, 0.2) is 5.78 Å². The molecule has 164 valence electrons. The summed E-state index contributed by atoms with van der Waals surface area (Å²) in [6.07, 6.45) is 0.442. The van der Waals surface area contributed by atoms with Gasteiger partial charge < -0.3 is 14.8 Å². The molecule has 2 aromatic carbocycles. The van der Waals surface area contributed by atoms with E-state index in [0.29, 0.717) is 5.52 Å². The van der Waals surface area contributed by atoms with Crippen LogP contribution in [0.4, 0.5) is 0 Å². The van der Waals surface area contributed by atoms with Crippen molar-refractivity contribution in [2.75, 3.05) is 0 Å². The summed E-state index contributed by atoms with van der Waals surface area (Å²) in [6.45, 7) is 0. The number of pyridine rings is 1. The summed E-state index contributed by atoms with van der Waals surface area (Å²) in [5.41, 5.74) is -0.667. The third-order valence-corrected chi connectivity index (χ3v) is 6.99. The average Bonchev–Trinajstić information content (AvgIpc) is 3.21. The highest BCUT2D eigenvalue weighted by molar-refractivity contribution is 7.90. The number of hydrogen-bond donors (Lipinski definition) is 2. The molecule has 0 aliphatic rings. The lowest BCUT2D eigenvalue weighted by Gasteiger charge is -2.13. The Kier molecular flexibility index (Phi) is 5.09. The van der Waals surface area contributed by atoms with Crippen molar-refractivity contribution >= 4 is 43.6 Å². The second kappa shape index (κ2) is 7.65. The monoisotopic (exact) mass is 454 g/mol. The molecule has 32 heavy (non-hydrogen) atoms. The van der Waals surface area contributed by atoms with E-state index in [1.54, 1.807) is 30.3 Å². The van der Waals surface area contributed by atoms with E-state index in [2.05, 4.69) is 0 Å². The van der Waals surface area contributed by atoms with Gasteiger partial charge in [-0.25, -0.2) is 12.4 Å². The van der Waals surface area contributed by atoms with Crippen LogP contribution in [-0.2, 0) is 21.9 Å². The molecule has 4 aromatic rings. The lowest BCUT2D eigenvalue weighted by atomic mass is 10.0. The zero-order chi connectivity index (χ0) is 23.2. The molecule has 2 heterocycles. The van der Waals surface area contributed by atoms with Crippen molar-refractivity contribution in [3.8, 4) is 5.75 Å². The molecule has 4 rings (SSSR count). The first-order valence-electron chi connectivity index (χ1n) is 9.55. The van der Waals surface area contributed by atoms with Crippen LogP contribution in [0.15, 0.2) is 64.4 Å². The lowest BCUT2D eigenvalue weighted by Crippen LogP contribution is -2.25. The van der Waals surface area contributed by atoms with E-state index in [0.717, 1.165) is 13.9 Å². The summed E-state index contributed by atoms with van der Waals surface area (Å²) in [7, 11) is -2.67. The van der Waals surface area contributed by atoms with Gasteiger partial charge in [0.2, 0.25) is 0 Å². The zero-order valence-electron chi connectivity index (χ0n) is 16.8. The van der Waals surface area contributed by atoms with Gasteiger partial charge in [-0.05, 0) is 30.3 Å². The van der Waals surface area contributed by atoms with Gasteiger partial charge in [0.25, 0.3) is 15.6 Å². The standard InChI is InChI=1S/C22H18N2O7S/c1-23-17-7-6-14(32(30,31)24-11-10-13-4-2-3-5-16(13)24)12-15(17)21(28)20(22(23)29)18(25)8-9-19(26)27/h2-7,10-12,28H,8-9H2,1H3,(H,26,27). The molecule has 9 nitrogen and oxygen atoms in total. The predicted octanol–water partition coefficient (Wildman–Crippen LogP) is 2.48. The van der Waals surface area contributed by atoms with Crippen LogP contribution in [0.3, 0.4) is 0 Å². The number of Topliss-reactive ketones (excluding diaryl/α,β-unsaturated/α-hetero) is 1. The fourth-order valence-corrected chi connectivity index (χ4v) is 5.03. The third kappa shape index (κ3) is 3.34. The maximum atomic E-state index is 13.3. The van der Waals surface area contributed by atoms with Crippen LogP contribution in [0, 0.1) is 0 Å². The summed E-state index contributed by atoms with van der Waals surface area (Å²) in [5, 5.41) is 20.2. The number of rotatable bonds is 6. The minimum atomic E-state index is -4.05. The van der Waals surface area contributed by atoms with Crippen molar-refractivity contribution in [1.82, 2.24) is 8.54 Å². The van der Waals surface area contributed by atoms with Crippen LogP contribution < -0.4 is 5.56 Å². The molecule has 0 amide bonds. The highest BCUT2D eigenvalue weighted by Crippen LogP contribution is 2.31. The topological polar surface area (TPSA) is 136 Å². The highest BCUT2D eigenvalue weighted by Gasteiger charge is 2.24. The molecule has 0 atom stereocenters. The van der Waals surface area contributed by atoms with Crippen LogP contribution >= 0.6 is 0 Å². The molecule has 2 aromatic heterocycles. The van der Waals surface area contributed by atoms with Gasteiger partial charge in [-0.3, -0.25) is 14.4 Å². The Hall–Kier alpha value is -3.92. The van der Waals surface area contributed by atoms with E-state index >= 15 is 0 Å². The van der Waals surface area contributed by atoms with Gasteiger partial charge in [-0.15, -0.1) is 0 Å². The van der Waals surface area contributed by atoms with E-state index in [1.165, 1.54) is 31.4 Å². The number of aromatic nitrogens is 2. The van der Waals surface area contributed by atoms with Gasteiger partial charge in [0.05, 0.1) is 22.3 Å². The van der Waals surface area contributed by atoms with Crippen LogP contribution in [-0.4, -0.2) is 38.9 Å². The predicted molar refractivity (Wildman–Crippen MR) is 117 cm³/mol. The van der Waals surface area contributed by atoms with E-state index in [1.807, 2.05) is 0 Å². The van der Waals surface area contributed by atoms with Crippen molar-refractivity contribution in [2.24, 2.45) is 7.05 Å². The van der Waals surface area contributed by atoms with Gasteiger partial charge in [-0.2, -0.15) is 0 Å². The van der Waals surface area contributed by atoms with Gasteiger partial charge >= 0.3 is 5.97 Å². The maximum Gasteiger partial charge on any atom is 0.303 e. The third-order valence-electron chi connectivity index (χ3n) is 5.31. The second-order valence-electron chi connectivity index (χ2n) is 7.26. The molecule has 0 saturated carbocycles. The SMILES string of the molecule is Cn1c(=O)c(C(=O)CCC(=O)O)c(O)c2cc(S(=O)(=O)n3ccc4ccccc43)ccc21. The first-order valence-corrected chi connectivity index (χ1v) is 11.0. The molecule has 0 saturated heterocycles. The molecule has 0 aliphatic heterocycles. The maximum absolute atomic E-state index is 13.3. The van der Waals surface area contributed by atoms with Crippen molar-refractivity contribution in [2.45, 2.75) is 17.7 Å². The van der Waals surface area contributed by atoms with E-state index in [4.69, 9.17) is 5.11 Å². The number of aryl methyl sites for hydroxylation is 1. The number of carboxylic acids is 1. The minimum Gasteiger partial charge on any atom is -0.506 e. The fourth-order valence-electron chi connectivity index (χ4n) is 3.65. The van der Waals surface area contributed by atoms with Crippen molar-refractivity contribution < 1.29 is 28.2 Å². The number of benzene rings is 2. The first kappa shape index (κ1) is 21.3. The Morgan fingerprint density at radius 2 is 1.72 bits per heavy atom. The first-order chi connectivity index (χ1) is 15.1. The highest BCUT2D eigenvalue weighted by atomic mass is 32.2. The number of ketones is 1. The van der Waals surface area contributed by atoms with Crippen molar-refractivity contribution in [3.63, 3.8) is 0 Å². The Morgan fingerprint density at radius 3 is 2.44 bits per heavy atom. The van der Waals surface area contributed by atoms with Crippen LogP contribution in [0.1, 0.15) is 23.2 Å². The summed E-state index contributed by atoms with van der Waals surface area (Å²) < 4.78 is 28.8. The Bertz CT molecular complexity index is 1580. The van der Waals surface area contributed by atoms with E-state index < -0.39 is 51.5 Å². The summed E-state index contributed by atoms with van der Waals surface area (Å²) in [6, 6.07) is 12.5. The van der Waals surface area contributed by atoms with Crippen LogP contribution in [0.5, 0.6) is 5.75 Å². The number of hydrogen-bond acceptors (Lipinski definition) is 6. The van der Waals surface area contributed by atoms with Gasteiger partial charge in [0.1, 0.15) is 11.3 Å². The Labute approximate surface area is 181 Å². The van der Waals surface area contributed by atoms with Crippen LogP contribution in [0.25, 0.3) is 21.8 Å². The minimum absolute atomic E-state index is 0.0108. The number of aliphatic carboxylic acids is 1. The van der Waals surface area contributed by atoms with Gasteiger partial charge in [-0.1, -0.05) is 18.2 Å². The number of para-hydroxylation sites is 1. The second-order valence-corrected chi connectivity index (χ2v) is 9.07. The van der Waals surface area contributed by atoms with Gasteiger partial charge in [0, 0.05) is 30.4 Å². The molecule has 10 heteroatoms. The average molecular weight is 454 g/mol. The quantitative estimate of drug-likeness (QED) is 0.427. The number of nitrogens with zero attached hydrogens (tertiary/aromatic N) is 2. The number of fused-ring (bicyclic) bond motifs is 2. The van der Waals surface area contributed by atoms with E-state index in [9.17, 15) is 27.9 Å². The van der Waals surface area contributed by atoms with Crippen molar-refractivity contribution in [3.05, 3.63) is 70.6 Å². The molecular formula is C22H18N2O7S. The van der Waals surface area contributed by atoms with Crippen LogP contribution in [0.2, 0.25) is 0 Å². The molecule has 0 fully saturated rings. The number of carbonyl (C=O) groups excluding carboxylic acids is 1. The zero-order valence-corrected chi connectivity index (χ0v) is 17.7. The number of carboxylic acid groups (broad SMARTS) is 1. The molecule has 0 radical (unpaired) electrons. The summed E-state index contributed by atoms with van der Waals surface area (Å²) >= 11 is 0. The fraction of sp³-hybridized carbons (Fsp3) is 0.136. The normalized spacial score (nSPS) is 11.8. The summed E-state index contributed by atoms with van der Waals surface area (Å²) in [4.78, 5) is 35.7. The molecule has 2 N–H and O–H groups in total. The smallest absolute Gasteiger partial charge is 0.303 e. The molecule has 0 spiro atoms. The number of aromatic hydroxyl groups is 1. The molecule has 0 aliphatic carbocycles. The Morgan fingerprint density at radius 1 is 1.00 bits per heavy atom. The lowest BCUT2D eigenvalue weighted by molar-refractivity contribution is -0.136. The molecular weight excluding hydrogens is 436 g/mol. The summed E-state index contributed by atoms with van der Waals surface area (Å²) in [5.74, 6) is -2.73. The van der Waals surface area contributed by atoms with E-state index in [-0.39, 0.29) is 15.8 Å². The Balaban J connectivity index is 1.91. The largest absolute Gasteiger partial charge is 0.506 e. The number of carbonyl (C=O) groups is 2. The molecule has 0 bridgehead atoms. The van der Waals surface area contributed by atoms with Crippen molar-refractivity contribution in [1.29, 1.82) is 0 Å².